The fourth-order valence-electron chi connectivity index (χ4n) is 2.56. The molecule has 2 bridgehead atoms. The van der Waals surface area contributed by atoms with Crippen LogP contribution in [0.2, 0.25) is 0 Å². The van der Waals surface area contributed by atoms with E-state index in [1.165, 1.54) is 6.42 Å². The molecule has 0 spiro atoms. The summed E-state index contributed by atoms with van der Waals surface area (Å²) in [6.07, 6.45) is 7.46. The molecule has 2 rings (SSSR count). The quantitative estimate of drug-likeness (QED) is 0.497. The Kier molecular flexibility index (Phi) is 3.42. The Balaban J connectivity index is 0.000000179. The summed E-state index contributed by atoms with van der Waals surface area (Å²) in [7, 11) is 0. The summed E-state index contributed by atoms with van der Waals surface area (Å²) in [5.74, 6) is 3.36. The lowest BCUT2D eigenvalue weighted by atomic mass is 9.91. The van der Waals surface area contributed by atoms with Crippen LogP contribution in [0.3, 0.4) is 0 Å². The highest BCUT2D eigenvalue weighted by atomic mass is 14.4. The van der Waals surface area contributed by atoms with Crippen molar-refractivity contribution in [1.82, 2.24) is 0 Å². The van der Waals surface area contributed by atoms with Crippen LogP contribution in [0.4, 0.5) is 0 Å². The molecule has 0 aliphatic heterocycles. The van der Waals surface area contributed by atoms with E-state index in [-0.39, 0.29) is 0 Å². The van der Waals surface area contributed by atoms with Gasteiger partial charge in [-0.05, 0) is 37.0 Å². The van der Waals surface area contributed by atoms with Gasteiger partial charge in [0.2, 0.25) is 0 Å². The van der Waals surface area contributed by atoms with Crippen molar-refractivity contribution in [3.05, 3.63) is 0 Å². The van der Waals surface area contributed by atoms with Gasteiger partial charge in [-0.25, -0.2) is 0 Å². The highest BCUT2D eigenvalue weighted by Gasteiger charge is 2.36. The minimum absolute atomic E-state index is 1.08. The normalized spacial score (nSPS) is 40.1. The van der Waals surface area contributed by atoms with Gasteiger partial charge in [-0.3, -0.25) is 0 Å². The van der Waals surface area contributed by atoms with E-state index in [4.69, 9.17) is 0 Å². The van der Waals surface area contributed by atoms with Gasteiger partial charge >= 0.3 is 0 Å². The minimum Gasteiger partial charge on any atom is -0.0656 e. The molecular weight excluding hydrogens is 132 g/mol. The molecule has 11 heavy (non-hydrogen) atoms. The van der Waals surface area contributed by atoms with E-state index >= 15 is 0 Å². The first-order valence-corrected chi connectivity index (χ1v) is 5.27. The lowest BCUT2D eigenvalue weighted by molar-refractivity contribution is 0.360. The summed E-state index contributed by atoms with van der Waals surface area (Å²) >= 11 is 0. The molecule has 2 aliphatic carbocycles. The van der Waals surface area contributed by atoms with Crippen LogP contribution >= 0.6 is 0 Å². The summed E-state index contributed by atoms with van der Waals surface area (Å²) in [4.78, 5) is 0. The predicted octanol–water partition coefficient (Wildman–Crippen LogP) is 3.86. The molecule has 2 saturated carbocycles. The van der Waals surface area contributed by atoms with Crippen LogP contribution in [0, 0.1) is 17.8 Å². The van der Waals surface area contributed by atoms with Crippen molar-refractivity contribution >= 4 is 0 Å². The van der Waals surface area contributed by atoms with E-state index in [1.807, 2.05) is 0 Å². The second-order valence-corrected chi connectivity index (χ2v) is 4.36. The second-order valence-electron chi connectivity index (χ2n) is 4.36. The number of hydrogen-bond acceptors (Lipinski definition) is 0. The van der Waals surface area contributed by atoms with Gasteiger partial charge in [-0.2, -0.15) is 0 Å². The van der Waals surface area contributed by atoms with E-state index < -0.39 is 0 Å². The van der Waals surface area contributed by atoms with Crippen molar-refractivity contribution in [2.45, 2.75) is 52.9 Å². The first-order valence-electron chi connectivity index (χ1n) is 5.27. The average Bonchev–Trinajstić information content (AvgIpc) is 2.48. The lowest BCUT2D eigenvalue weighted by Gasteiger charge is -2.15. The molecule has 3 atom stereocenters. The van der Waals surface area contributed by atoms with Crippen LogP contribution in [-0.4, -0.2) is 0 Å². The van der Waals surface area contributed by atoms with Crippen LogP contribution in [0.25, 0.3) is 0 Å². The molecule has 0 saturated heterocycles. The fraction of sp³-hybridized carbons (Fsp3) is 1.00. The Labute approximate surface area is 71.4 Å². The summed E-state index contributed by atoms with van der Waals surface area (Å²) in [5, 5.41) is 0. The van der Waals surface area contributed by atoms with Gasteiger partial charge in [0.1, 0.15) is 0 Å². The van der Waals surface area contributed by atoms with Crippen molar-refractivity contribution in [1.29, 1.82) is 0 Å². The molecule has 2 aliphatic rings. The summed E-state index contributed by atoms with van der Waals surface area (Å²) < 4.78 is 0. The zero-order valence-corrected chi connectivity index (χ0v) is 8.27. The van der Waals surface area contributed by atoms with E-state index in [0.717, 1.165) is 17.8 Å². The fourth-order valence-corrected chi connectivity index (χ4v) is 2.56. The van der Waals surface area contributed by atoms with Crippen LogP contribution in [-0.2, 0) is 0 Å². The first kappa shape index (κ1) is 9.09. The number of rotatable bonds is 0. The number of fused-ring (bicyclic) bond motifs is 2. The van der Waals surface area contributed by atoms with Gasteiger partial charge in [-0.15, -0.1) is 0 Å². The molecule has 0 heterocycles. The lowest BCUT2D eigenvalue weighted by Crippen LogP contribution is -2.04. The molecule has 0 radical (unpaired) electrons. The molecule has 0 aromatic carbocycles. The summed E-state index contributed by atoms with van der Waals surface area (Å²) in [6.45, 7) is 6.67. The van der Waals surface area contributed by atoms with Gasteiger partial charge in [0.05, 0.1) is 0 Å². The van der Waals surface area contributed by atoms with Gasteiger partial charge in [0.25, 0.3) is 0 Å². The third-order valence-corrected chi connectivity index (χ3v) is 3.09. The molecule has 0 N–H and O–H groups in total. The molecule has 0 amide bonds. The largest absolute Gasteiger partial charge is 0.0656 e. The van der Waals surface area contributed by atoms with E-state index in [1.54, 1.807) is 25.7 Å². The third-order valence-electron chi connectivity index (χ3n) is 3.09. The van der Waals surface area contributed by atoms with Crippen LogP contribution < -0.4 is 0 Å². The Morgan fingerprint density at radius 2 is 1.73 bits per heavy atom. The topological polar surface area (TPSA) is 0 Å². The SMILES string of the molecule is CCC.C[C@H]1CC2CCC1C2. The molecule has 2 fully saturated rings. The van der Waals surface area contributed by atoms with Gasteiger partial charge in [-0.1, -0.05) is 33.6 Å². The van der Waals surface area contributed by atoms with Crippen molar-refractivity contribution in [3.63, 3.8) is 0 Å². The smallest absolute Gasteiger partial charge is 0.0386 e. The maximum atomic E-state index is 2.42. The summed E-state index contributed by atoms with van der Waals surface area (Å²) in [6, 6.07) is 0. The van der Waals surface area contributed by atoms with Gasteiger partial charge < -0.3 is 0 Å². The molecule has 66 valence electrons. The third kappa shape index (κ3) is 2.21. The van der Waals surface area contributed by atoms with Gasteiger partial charge in [0, 0.05) is 0 Å². The standard InChI is InChI=1S/C8H14.C3H8/c1-6-4-7-2-3-8(6)5-7;1-3-2/h6-8H,2-5H2,1H3;3H2,1-2H3/t6-,7?,8?;/m0./s1. The van der Waals surface area contributed by atoms with Gasteiger partial charge in [0.15, 0.2) is 0 Å². The second kappa shape index (κ2) is 4.13. The first-order chi connectivity index (χ1) is 5.27. The molecule has 0 aromatic rings. The van der Waals surface area contributed by atoms with E-state index in [0.29, 0.717) is 0 Å². The van der Waals surface area contributed by atoms with Crippen LogP contribution in [0.1, 0.15) is 52.9 Å². The molecule has 0 heteroatoms. The Morgan fingerprint density at radius 3 is 1.91 bits per heavy atom. The molecule has 0 nitrogen and oxygen atoms in total. The highest BCUT2D eigenvalue weighted by molar-refractivity contribution is 4.87. The summed E-state index contributed by atoms with van der Waals surface area (Å²) in [5.41, 5.74) is 0. The van der Waals surface area contributed by atoms with Crippen LogP contribution in [0.15, 0.2) is 0 Å². The predicted molar refractivity (Wildman–Crippen MR) is 50.6 cm³/mol. The van der Waals surface area contributed by atoms with Crippen molar-refractivity contribution in [2.75, 3.05) is 0 Å². The van der Waals surface area contributed by atoms with E-state index in [2.05, 4.69) is 20.8 Å². The maximum Gasteiger partial charge on any atom is -0.0386 e. The molecule has 2 unspecified atom stereocenters. The highest BCUT2D eigenvalue weighted by Crippen LogP contribution is 2.47. The zero-order valence-electron chi connectivity index (χ0n) is 8.27. The van der Waals surface area contributed by atoms with Crippen LogP contribution in [0.5, 0.6) is 0 Å². The van der Waals surface area contributed by atoms with Crippen molar-refractivity contribution in [3.8, 4) is 0 Å². The molecular formula is C11H22. The monoisotopic (exact) mass is 154 g/mol. The Bertz CT molecular complexity index is 105. The average molecular weight is 154 g/mol. The Hall–Kier alpha value is 0. The van der Waals surface area contributed by atoms with Crippen molar-refractivity contribution in [2.24, 2.45) is 17.8 Å². The zero-order chi connectivity index (χ0) is 8.27. The van der Waals surface area contributed by atoms with Crippen molar-refractivity contribution < 1.29 is 0 Å². The Morgan fingerprint density at radius 1 is 1.09 bits per heavy atom. The number of hydrogen-bond donors (Lipinski definition) is 0. The molecule has 0 aromatic heterocycles. The maximum absolute atomic E-state index is 2.42. The van der Waals surface area contributed by atoms with E-state index in [9.17, 15) is 0 Å². The minimum atomic E-state index is 1.08.